The number of carbonyl (C=O) groups excluding carboxylic acids is 3. The molecule has 1 N–H and O–H groups in total. The first-order valence-electron chi connectivity index (χ1n) is 10.1. The molecule has 34 heavy (non-hydrogen) atoms. The normalized spacial score (nSPS) is 14.9. The Balaban J connectivity index is 1.52. The van der Waals surface area contributed by atoms with Gasteiger partial charge in [0, 0.05) is 27.8 Å². The minimum atomic E-state index is -0.619. The first-order chi connectivity index (χ1) is 16.1. The summed E-state index contributed by atoms with van der Waals surface area (Å²) < 4.78 is 15.3. The van der Waals surface area contributed by atoms with E-state index < -0.39 is 29.4 Å². The van der Waals surface area contributed by atoms with Crippen LogP contribution >= 0.6 is 35.0 Å². The third-order valence-corrected chi connectivity index (χ3v) is 6.67. The molecule has 2 aromatic carbocycles. The van der Waals surface area contributed by atoms with Gasteiger partial charge in [-0.3, -0.25) is 19.3 Å². The van der Waals surface area contributed by atoms with Crippen molar-refractivity contribution in [2.75, 3.05) is 11.9 Å². The Morgan fingerprint density at radius 2 is 1.79 bits per heavy atom. The maximum atomic E-state index is 13.3. The smallest absolute Gasteiger partial charge is 0.294 e. The number of aryl methyl sites for hydroxylation is 1. The second-order valence-corrected chi connectivity index (χ2v) is 9.42. The van der Waals surface area contributed by atoms with Crippen LogP contribution in [0.3, 0.4) is 0 Å². The summed E-state index contributed by atoms with van der Waals surface area (Å²) >= 11 is 12.5. The van der Waals surface area contributed by atoms with E-state index in [2.05, 4.69) is 5.32 Å². The van der Waals surface area contributed by atoms with Crippen LogP contribution in [0.15, 0.2) is 53.4 Å². The van der Waals surface area contributed by atoms with Gasteiger partial charge in [0.15, 0.2) is 0 Å². The van der Waals surface area contributed by atoms with E-state index in [0.29, 0.717) is 5.02 Å². The van der Waals surface area contributed by atoms with E-state index >= 15 is 0 Å². The zero-order valence-electron chi connectivity index (χ0n) is 18.1. The Morgan fingerprint density at radius 1 is 1.09 bits per heavy atom. The van der Waals surface area contributed by atoms with Crippen molar-refractivity contribution in [3.63, 3.8) is 0 Å². The summed E-state index contributed by atoms with van der Waals surface area (Å²) in [6, 6.07) is 13.0. The van der Waals surface area contributed by atoms with Crippen LogP contribution in [0.1, 0.15) is 17.0 Å². The van der Waals surface area contributed by atoms with Gasteiger partial charge < -0.3 is 9.88 Å². The average Bonchev–Trinajstić information content (AvgIpc) is 3.21. The second kappa shape index (κ2) is 9.66. The Hall–Kier alpha value is -3.07. The fraction of sp³-hybridized carbons (Fsp3) is 0.125. The van der Waals surface area contributed by atoms with Crippen molar-refractivity contribution in [2.45, 2.75) is 13.8 Å². The van der Waals surface area contributed by atoms with Crippen LogP contribution in [-0.4, -0.2) is 33.1 Å². The number of hydrogen-bond acceptors (Lipinski definition) is 4. The van der Waals surface area contributed by atoms with Crippen LogP contribution < -0.4 is 5.32 Å². The summed E-state index contributed by atoms with van der Waals surface area (Å²) in [5.41, 5.74) is 3.79. The molecule has 1 aliphatic heterocycles. The topological polar surface area (TPSA) is 71.4 Å². The van der Waals surface area contributed by atoms with Gasteiger partial charge in [-0.1, -0.05) is 23.2 Å². The molecule has 0 saturated carbocycles. The first-order valence-corrected chi connectivity index (χ1v) is 11.7. The van der Waals surface area contributed by atoms with Gasteiger partial charge in [0.25, 0.3) is 11.1 Å². The number of nitrogens with zero attached hydrogens (tertiary/aromatic N) is 2. The summed E-state index contributed by atoms with van der Waals surface area (Å²) in [6.07, 6.45) is 1.65. The number of halogens is 3. The molecule has 6 nitrogen and oxygen atoms in total. The Labute approximate surface area is 209 Å². The van der Waals surface area contributed by atoms with Crippen molar-refractivity contribution in [1.29, 1.82) is 0 Å². The van der Waals surface area contributed by atoms with E-state index in [0.717, 1.165) is 45.4 Å². The molecule has 1 saturated heterocycles. The highest BCUT2D eigenvalue weighted by atomic mass is 35.5. The summed E-state index contributed by atoms with van der Waals surface area (Å²) in [4.78, 5) is 38.8. The van der Waals surface area contributed by atoms with Crippen molar-refractivity contribution in [1.82, 2.24) is 9.47 Å². The largest absolute Gasteiger partial charge is 0.324 e. The predicted octanol–water partition coefficient (Wildman–Crippen LogP) is 6.22. The number of carbonyl (C=O) groups is 3. The maximum Gasteiger partial charge on any atom is 0.294 e. The lowest BCUT2D eigenvalue weighted by atomic mass is 10.2. The molecule has 10 heteroatoms. The SMILES string of the molecule is Cc1cc(/C=C2/SC(=O)N(CC(=O)Nc3ccc(F)c(Cl)c3)C2=O)c(C)n1-c1ccc(Cl)cc1. The van der Waals surface area contributed by atoms with Gasteiger partial charge in [-0.05, 0) is 85.8 Å². The van der Waals surface area contributed by atoms with Gasteiger partial charge in [0.1, 0.15) is 12.4 Å². The monoisotopic (exact) mass is 517 g/mol. The van der Waals surface area contributed by atoms with Gasteiger partial charge in [0.2, 0.25) is 5.91 Å². The van der Waals surface area contributed by atoms with Crippen molar-refractivity contribution >= 4 is 63.8 Å². The van der Waals surface area contributed by atoms with E-state index in [-0.39, 0.29) is 15.6 Å². The highest BCUT2D eigenvalue weighted by Crippen LogP contribution is 2.34. The lowest BCUT2D eigenvalue weighted by Gasteiger charge is -2.12. The van der Waals surface area contributed by atoms with Crippen LogP contribution in [0.5, 0.6) is 0 Å². The molecular weight excluding hydrogens is 500 g/mol. The molecular formula is C24H18Cl2FN3O3S. The van der Waals surface area contributed by atoms with Gasteiger partial charge in [-0.25, -0.2) is 4.39 Å². The van der Waals surface area contributed by atoms with Crippen LogP contribution in [0.2, 0.25) is 10.0 Å². The number of rotatable bonds is 5. The molecule has 0 atom stereocenters. The number of imide groups is 1. The molecule has 3 amide bonds. The fourth-order valence-corrected chi connectivity index (χ4v) is 4.75. The lowest BCUT2D eigenvalue weighted by Crippen LogP contribution is -2.36. The minimum Gasteiger partial charge on any atom is -0.324 e. The van der Waals surface area contributed by atoms with Gasteiger partial charge in [0.05, 0.1) is 9.93 Å². The predicted molar refractivity (Wildman–Crippen MR) is 133 cm³/mol. The van der Waals surface area contributed by atoms with Crippen LogP contribution in [-0.2, 0) is 9.59 Å². The summed E-state index contributed by atoms with van der Waals surface area (Å²) in [5, 5.41) is 2.44. The number of aromatic nitrogens is 1. The molecule has 3 aromatic rings. The molecule has 2 heterocycles. The Morgan fingerprint density at radius 3 is 2.47 bits per heavy atom. The van der Waals surface area contributed by atoms with Crippen molar-refractivity contribution in [3.05, 3.63) is 86.2 Å². The molecule has 174 valence electrons. The first kappa shape index (κ1) is 24.1. The van der Waals surface area contributed by atoms with E-state index in [1.165, 1.54) is 12.1 Å². The van der Waals surface area contributed by atoms with Crippen molar-refractivity contribution in [3.8, 4) is 5.69 Å². The number of hydrogen-bond donors (Lipinski definition) is 1. The molecule has 1 aliphatic rings. The summed E-state index contributed by atoms with van der Waals surface area (Å²) in [6.45, 7) is 3.39. The van der Waals surface area contributed by atoms with Gasteiger partial charge in [-0.2, -0.15) is 0 Å². The zero-order chi connectivity index (χ0) is 24.6. The lowest BCUT2D eigenvalue weighted by molar-refractivity contribution is -0.127. The Kier molecular flexibility index (Phi) is 6.84. The van der Waals surface area contributed by atoms with Gasteiger partial charge >= 0.3 is 0 Å². The zero-order valence-corrected chi connectivity index (χ0v) is 20.4. The number of thioether (sulfide) groups is 1. The molecule has 1 fully saturated rings. The van der Waals surface area contributed by atoms with Crippen LogP contribution in [0, 0.1) is 19.7 Å². The van der Waals surface area contributed by atoms with E-state index in [9.17, 15) is 18.8 Å². The molecule has 0 radical (unpaired) electrons. The third kappa shape index (κ3) is 4.89. The number of anilines is 1. The summed E-state index contributed by atoms with van der Waals surface area (Å²) in [7, 11) is 0. The maximum absolute atomic E-state index is 13.3. The van der Waals surface area contributed by atoms with E-state index in [1.807, 2.05) is 36.6 Å². The van der Waals surface area contributed by atoms with Crippen molar-refractivity contribution in [2.24, 2.45) is 0 Å². The van der Waals surface area contributed by atoms with Crippen molar-refractivity contribution < 1.29 is 18.8 Å². The summed E-state index contributed by atoms with van der Waals surface area (Å²) in [5.74, 6) is -1.78. The third-order valence-electron chi connectivity index (χ3n) is 5.22. The molecule has 4 rings (SSSR count). The molecule has 0 aliphatic carbocycles. The fourth-order valence-electron chi connectivity index (χ4n) is 3.62. The standard InChI is InChI=1S/C24H18Cl2FN3O3S/c1-13-9-15(14(2)30(13)18-6-3-16(25)4-7-18)10-21-23(32)29(24(33)34-21)12-22(31)28-17-5-8-20(27)19(26)11-17/h3-11H,12H2,1-2H3,(H,28,31)/b21-10+. The molecule has 0 bridgehead atoms. The van der Waals surface area contributed by atoms with Crippen LogP contribution in [0.25, 0.3) is 11.8 Å². The molecule has 0 unspecified atom stereocenters. The number of benzene rings is 2. The van der Waals surface area contributed by atoms with E-state index in [1.54, 1.807) is 18.2 Å². The van der Waals surface area contributed by atoms with Gasteiger partial charge in [-0.15, -0.1) is 0 Å². The number of nitrogens with one attached hydrogen (secondary N) is 1. The quantitative estimate of drug-likeness (QED) is 0.408. The van der Waals surface area contributed by atoms with E-state index in [4.69, 9.17) is 23.2 Å². The number of amides is 3. The average molecular weight is 518 g/mol. The molecule has 0 spiro atoms. The van der Waals surface area contributed by atoms with Crippen LogP contribution in [0.4, 0.5) is 14.9 Å². The molecule has 1 aromatic heterocycles. The second-order valence-electron chi connectivity index (χ2n) is 7.58. The highest BCUT2D eigenvalue weighted by Gasteiger charge is 2.36. The highest BCUT2D eigenvalue weighted by molar-refractivity contribution is 8.18. The minimum absolute atomic E-state index is 0.150. The Bertz CT molecular complexity index is 1350.